The fourth-order valence-electron chi connectivity index (χ4n) is 1.22. The topological polar surface area (TPSA) is 71.8 Å². The Hall–Kier alpha value is -1.81. The number of imidazole rings is 1. The van der Waals surface area contributed by atoms with Gasteiger partial charge in [-0.25, -0.2) is 4.98 Å². The molecule has 0 aliphatic heterocycles. The van der Waals surface area contributed by atoms with Crippen molar-refractivity contribution in [3.63, 3.8) is 0 Å². The van der Waals surface area contributed by atoms with E-state index in [-0.39, 0.29) is 5.82 Å². The van der Waals surface area contributed by atoms with Gasteiger partial charge in [-0.1, -0.05) is 23.7 Å². The average Bonchev–Trinajstić information content (AvgIpc) is 2.68. The lowest BCUT2D eigenvalue weighted by atomic mass is 10.2. The first-order chi connectivity index (χ1) is 7.16. The second-order valence-electron chi connectivity index (χ2n) is 3.02. The lowest BCUT2D eigenvalue weighted by Gasteiger charge is -1.96. The summed E-state index contributed by atoms with van der Waals surface area (Å²) < 4.78 is 0. The molecule has 0 bridgehead atoms. The van der Waals surface area contributed by atoms with Gasteiger partial charge in [0.15, 0.2) is 5.82 Å². The number of primary amides is 1. The second kappa shape index (κ2) is 3.74. The highest BCUT2D eigenvalue weighted by Crippen LogP contribution is 2.19. The first-order valence-electron chi connectivity index (χ1n) is 4.27. The monoisotopic (exact) mass is 221 g/mol. The van der Waals surface area contributed by atoms with E-state index in [0.29, 0.717) is 5.02 Å². The van der Waals surface area contributed by atoms with Crippen molar-refractivity contribution in [1.82, 2.24) is 9.97 Å². The molecular formula is C10H8ClN3O. The maximum Gasteiger partial charge on any atom is 0.284 e. The SMILES string of the molecule is NC(=O)c1ncc(-c2ccc(Cl)cc2)[nH]1. The van der Waals surface area contributed by atoms with E-state index in [1.165, 1.54) is 0 Å². The number of nitrogens with two attached hydrogens (primary N) is 1. The van der Waals surface area contributed by atoms with Gasteiger partial charge in [0.25, 0.3) is 5.91 Å². The molecule has 3 N–H and O–H groups in total. The van der Waals surface area contributed by atoms with E-state index < -0.39 is 5.91 Å². The number of carbonyl (C=O) groups excluding carboxylic acids is 1. The molecule has 0 aliphatic rings. The smallest absolute Gasteiger partial charge is 0.284 e. The van der Waals surface area contributed by atoms with E-state index in [1.807, 2.05) is 12.1 Å². The molecule has 2 rings (SSSR count). The van der Waals surface area contributed by atoms with Crippen molar-refractivity contribution >= 4 is 17.5 Å². The Kier molecular flexibility index (Phi) is 2.43. The molecule has 5 heteroatoms. The van der Waals surface area contributed by atoms with E-state index in [1.54, 1.807) is 18.3 Å². The fraction of sp³-hybridized carbons (Fsp3) is 0. The summed E-state index contributed by atoms with van der Waals surface area (Å²) in [4.78, 5) is 17.5. The van der Waals surface area contributed by atoms with Gasteiger partial charge in [-0.05, 0) is 17.7 Å². The molecule has 0 saturated carbocycles. The van der Waals surface area contributed by atoms with Crippen molar-refractivity contribution in [2.45, 2.75) is 0 Å². The molecule has 2 aromatic rings. The molecule has 4 nitrogen and oxygen atoms in total. The number of amides is 1. The zero-order valence-corrected chi connectivity index (χ0v) is 8.45. The Labute approximate surface area is 91.1 Å². The number of nitrogens with one attached hydrogen (secondary N) is 1. The Morgan fingerprint density at radius 2 is 2.00 bits per heavy atom. The van der Waals surface area contributed by atoms with Crippen molar-refractivity contribution in [3.05, 3.63) is 41.3 Å². The standard InChI is InChI=1S/C10H8ClN3O/c11-7-3-1-6(2-4-7)8-5-13-10(14-8)9(12)15/h1-5H,(H2,12,15)(H,13,14). The van der Waals surface area contributed by atoms with E-state index in [0.717, 1.165) is 11.3 Å². The number of hydrogen-bond donors (Lipinski definition) is 2. The highest BCUT2D eigenvalue weighted by molar-refractivity contribution is 6.30. The maximum absolute atomic E-state index is 10.8. The van der Waals surface area contributed by atoms with Crippen LogP contribution < -0.4 is 5.73 Å². The quantitative estimate of drug-likeness (QED) is 0.812. The van der Waals surface area contributed by atoms with Crippen LogP contribution in [-0.4, -0.2) is 15.9 Å². The summed E-state index contributed by atoms with van der Waals surface area (Å²) in [5.74, 6) is -0.421. The molecule has 1 amide bonds. The van der Waals surface area contributed by atoms with E-state index >= 15 is 0 Å². The Morgan fingerprint density at radius 3 is 2.53 bits per heavy atom. The molecule has 1 aromatic heterocycles. The highest BCUT2D eigenvalue weighted by atomic mass is 35.5. The number of benzene rings is 1. The van der Waals surface area contributed by atoms with Crippen LogP contribution in [0.1, 0.15) is 10.6 Å². The van der Waals surface area contributed by atoms with Crippen molar-refractivity contribution in [2.75, 3.05) is 0 Å². The number of halogens is 1. The molecule has 0 radical (unpaired) electrons. The van der Waals surface area contributed by atoms with Crippen molar-refractivity contribution in [1.29, 1.82) is 0 Å². The molecule has 1 heterocycles. The highest BCUT2D eigenvalue weighted by Gasteiger charge is 2.06. The molecule has 15 heavy (non-hydrogen) atoms. The largest absolute Gasteiger partial charge is 0.363 e. The van der Waals surface area contributed by atoms with Crippen LogP contribution in [0.15, 0.2) is 30.5 Å². The van der Waals surface area contributed by atoms with Gasteiger partial charge in [0.2, 0.25) is 0 Å². The van der Waals surface area contributed by atoms with Crippen molar-refractivity contribution in [3.8, 4) is 11.3 Å². The summed E-state index contributed by atoms with van der Waals surface area (Å²) >= 11 is 5.75. The van der Waals surface area contributed by atoms with E-state index in [4.69, 9.17) is 17.3 Å². The second-order valence-corrected chi connectivity index (χ2v) is 3.45. The van der Waals surface area contributed by atoms with Gasteiger partial charge >= 0.3 is 0 Å². The predicted octanol–water partition coefficient (Wildman–Crippen LogP) is 1.83. The lowest BCUT2D eigenvalue weighted by molar-refractivity contribution is 0.0991. The summed E-state index contributed by atoms with van der Waals surface area (Å²) in [5.41, 5.74) is 6.71. The van der Waals surface area contributed by atoms with Crippen LogP contribution in [0.3, 0.4) is 0 Å². The summed E-state index contributed by atoms with van der Waals surface area (Å²) in [5, 5.41) is 0.661. The van der Waals surface area contributed by atoms with Gasteiger partial charge in [-0.2, -0.15) is 0 Å². The minimum absolute atomic E-state index is 0.153. The molecule has 0 fully saturated rings. The Bertz CT molecular complexity index is 490. The minimum Gasteiger partial charge on any atom is -0.363 e. The number of carbonyl (C=O) groups is 1. The molecule has 0 unspecified atom stereocenters. The number of H-pyrrole nitrogens is 1. The number of aromatic amines is 1. The van der Waals surface area contributed by atoms with Crippen LogP contribution in [-0.2, 0) is 0 Å². The lowest BCUT2D eigenvalue weighted by Crippen LogP contribution is -2.12. The molecule has 76 valence electrons. The van der Waals surface area contributed by atoms with Crippen LogP contribution >= 0.6 is 11.6 Å². The third kappa shape index (κ3) is 1.99. The summed E-state index contributed by atoms with van der Waals surface area (Å²) in [6.45, 7) is 0. The molecule has 0 spiro atoms. The van der Waals surface area contributed by atoms with Crippen LogP contribution in [0.5, 0.6) is 0 Å². The van der Waals surface area contributed by atoms with E-state index in [9.17, 15) is 4.79 Å². The zero-order chi connectivity index (χ0) is 10.8. The predicted molar refractivity (Wildman–Crippen MR) is 57.6 cm³/mol. The maximum atomic E-state index is 10.8. The number of rotatable bonds is 2. The van der Waals surface area contributed by atoms with E-state index in [2.05, 4.69) is 9.97 Å². The Balaban J connectivity index is 2.37. The van der Waals surface area contributed by atoms with Gasteiger partial charge in [-0.15, -0.1) is 0 Å². The third-order valence-corrected chi connectivity index (χ3v) is 2.22. The number of nitrogens with zero attached hydrogens (tertiary/aromatic N) is 1. The third-order valence-electron chi connectivity index (χ3n) is 1.96. The number of hydrogen-bond acceptors (Lipinski definition) is 2. The van der Waals surface area contributed by atoms with Crippen molar-refractivity contribution in [2.24, 2.45) is 5.73 Å². The first-order valence-corrected chi connectivity index (χ1v) is 4.65. The zero-order valence-electron chi connectivity index (χ0n) is 7.70. The summed E-state index contributed by atoms with van der Waals surface area (Å²) in [7, 11) is 0. The summed E-state index contributed by atoms with van der Waals surface area (Å²) in [6, 6.07) is 7.20. The first kappa shape index (κ1) is 9.73. The normalized spacial score (nSPS) is 10.2. The molecular weight excluding hydrogens is 214 g/mol. The van der Waals surface area contributed by atoms with Crippen LogP contribution in [0, 0.1) is 0 Å². The molecule has 0 atom stereocenters. The Morgan fingerprint density at radius 1 is 1.33 bits per heavy atom. The van der Waals surface area contributed by atoms with Gasteiger partial charge in [0, 0.05) is 5.02 Å². The number of aromatic nitrogens is 2. The average molecular weight is 222 g/mol. The summed E-state index contributed by atoms with van der Waals surface area (Å²) in [6.07, 6.45) is 1.56. The van der Waals surface area contributed by atoms with Crippen LogP contribution in [0.4, 0.5) is 0 Å². The fourth-order valence-corrected chi connectivity index (χ4v) is 1.35. The van der Waals surface area contributed by atoms with Gasteiger partial charge in [-0.3, -0.25) is 4.79 Å². The molecule has 0 saturated heterocycles. The van der Waals surface area contributed by atoms with Crippen LogP contribution in [0.2, 0.25) is 5.02 Å². The van der Waals surface area contributed by atoms with Crippen molar-refractivity contribution < 1.29 is 4.79 Å². The van der Waals surface area contributed by atoms with Gasteiger partial charge < -0.3 is 10.7 Å². The van der Waals surface area contributed by atoms with Gasteiger partial charge in [0.1, 0.15) is 0 Å². The van der Waals surface area contributed by atoms with Gasteiger partial charge in [0.05, 0.1) is 11.9 Å². The molecule has 1 aromatic carbocycles. The minimum atomic E-state index is -0.574. The van der Waals surface area contributed by atoms with Crippen LogP contribution in [0.25, 0.3) is 11.3 Å². The molecule has 0 aliphatic carbocycles.